The van der Waals surface area contributed by atoms with Gasteiger partial charge in [-0.05, 0) is 6.26 Å². The van der Waals surface area contributed by atoms with Crippen molar-refractivity contribution in [2.45, 2.75) is 11.7 Å². The Bertz CT molecular complexity index is 103. The number of ether oxygens (including phenoxy) is 1. The molecular formula is C5H8O2S. The molecular weight excluding hydrogens is 124 g/mol. The van der Waals surface area contributed by atoms with Crippen LogP contribution in [0.5, 0.6) is 0 Å². The van der Waals surface area contributed by atoms with E-state index in [0.29, 0.717) is 18.3 Å². The van der Waals surface area contributed by atoms with E-state index in [1.165, 1.54) is 0 Å². The highest BCUT2D eigenvalue weighted by molar-refractivity contribution is 7.99. The molecule has 0 spiro atoms. The maximum atomic E-state index is 10.4. The molecule has 1 saturated heterocycles. The highest BCUT2D eigenvalue weighted by atomic mass is 32.2. The molecule has 2 nitrogen and oxygen atoms in total. The summed E-state index contributed by atoms with van der Waals surface area (Å²) in [5.41, 5.74) is 0. The molecule has 3 heteroatoms. The third-order valence-corrected chi connectivity index (χ3v) is 2.13. The van der Waals surface area contributed by atoms with E-state index in [1.54, 1.807) is 11.8 Å². The predicted molar refractivity (Wildman–Crippen MR) is 32.9 cm³/mol. The zero-order valence-corrected chi connectivity index (χ0v) is 5.53. The number of rotatable bonds is 1. The van der Waals surface area contributed by atoms with Crippen molar-refractivity contribution in [1.29, 1.82) is 0 Å². The second kappa shape index (κ2) is 2.40. The minimum absolute atomic E-state index is 0.0515. The van der Waals surface area contributed by atoms with E-state index in [1.807, 2.05) is 6.26 Å². The van der Waals surface area contributed by atoms with Gasteiger partial charge in [-0.15, -0.1) is 0 Å². The first-order valence-electron chi connectivity index (χ1n) is 2.51. The first-order valence-corrected chi connectivity index (χ1v) is 3.80. The molecule has 1 rings (SSSR count). The second-order valence-electron chi connectivity index (χ2n) is 1.74. The molecule has 8 heavy (non-hydrogen) atoms. The molecule has 0 amide bonds. The van der Waals surface area contributed by atoms with Crippen LogP contribution >= 0.6 is 11.8 Å². The van der Waals surface area contributed by atoms with Crippen molar-refractivity contribution in [3.63, 3.8) is 0 Å². The first-order chi connectivity index (χ1) is 3.83. The van der Waals surface area contributed by atoms with Gasteiger partial charge in [0.2, 0.25) is 0 Å². The van der Waals surface area contributed by atoms with Crippen LogP contribution in [0.1, 0.15) is 6.42 Å². The molecule has 1 aliphatic heterocycles. The lowest BCUT2D eigenvalue weighted by molar-refractivity contribution is -0.137. The average Bonchev–Trinajstić information content (AvgIpc) is 2.14. The van der Waals surface area contributed by atoms with Gasteiger partial charge in [-0.2, -0.15) is 11.8 Å². The van der Waals surface area contributed by atoms with Gasteiger partial charge in [-0.1, -0.05) is 0 Å². The lowest BCUT2D eigenvalue weighted by Crippen LogP contribution is -1.98. The first kappa shape index (κ1) is 5.95. The third-order valence-electron chi connectivity index (χ3n) is 1.16. The Morgan fingerprint density at radius 2 is 2.62 bits per heavy atom. The van der Waals surface area contributed by atoms with Crippen LogP contribution < -0.4 is 0 Å². The average molecular weight is 132 g/mol. The summed E-state index contributed by atoms with van der Waals surface area (Å²) in [4.78, 5) is 10.4. The zero-order valence-electron chi connectivity index (χ0n) is 4.72. The Morgan fingerprint density at radius 1 is 1.88 bits per heavy atom. The van der Waals surface area contributed by atoms with Gasteiger partial charge in [0.15, 0.2) is 0 Å². The fourth-order valence-corrected chi connectivity index (χ4v) is 1.15. The summed E-state index contributed by atoms with van der Waals surface area (Å²) in [6, 6.07) is 0. The van der Waals surface area contributed by atoms with Gasteiger partial charge in [-0.3, -0.25) is 4.79 Å². The quantitative estimate of drug-likeness (QED) is 0.490. The maximum absolute atomic E-state index is 10.4. The number of hydrogen-bond donors (Lipinski definition) is 0. The minimum Gasteiger partial charge on any atom is -0.464 e. The minimum atomic E-state index is -0.0515. The standard InChI is InChI=1S/C5H8O2S/c1-8-4-2-5(6)7-3-4/h4H,2-3H2,1H3. The zero-order chi connectivity index (χ0) is 5.98. The highest BCUT2D eigenvalue weighted by Crippen LogP contribution is 2.17. The van der Waals surface area contributed by atoms with Crippen LogP contribution in [0, 0.1) is 0 Å². The Hall–Kier alpha value is -0.180. The van der Waals surface area contributed by atoms with E-state index < -0.39 is 0 Å². The molecule has 0 aromatic heterocycles. The summed E-state index contributed by atoms with van der Waals surface area (Å²) < 4.78 is 4.70. The van der Waals surface area contributed by atoms with Crippen molar-refractivity contribution in [1.82, 2.24) is 0 Å². The number of thioether (sulfide) groups is 1. The molecule has 0 N–H and O–H groups in total. The normalized spacial score (nSPS) is 28.1. The Balaban J connectivity index is 2.32. The molecule has 0 radical (unpaired) electrons. The van der Waals surface area contributed by atoms with Crippen molar-refractivity contribution >= 4 is 17.7 Å². The largest absolute Gasteiger partial charge is 0.464 e. The molecule has 0 aromatic carbocycles. The van der Waals surface area contributed by atoms with E-state index in [4.69, 9.17) is 4.74 Å². The Kier molecular flexibility index (Phi) is 1.78. The lowest BCUT2D eigenvalue weighted by atomic mass is 10.4. The van der Waals surface area contributed by atoms with Crippen molar-refractivity contribution in [3.05, 3.63) is 0 Å². The topological polar surface area (TPSA) is 26.3 Å². The molecule has 0 aromatic rings. The number of hydrogen-bond acceptors (Lipinski definition) is 3. The number of carbonyl (C=O) groups is 1. The van der Waals surface area contributed by atoms with Gasteiger partial charge < -0.3 is 4.74 Å². The maximum Gasteiger partial charge on any atom is 0.307 e. The van der Waals surface area contributed by atoms with Crippen molar-refractivity contribution < 1.29 is 9.53 Å². The van der Waals surface area contributed by atoms with Crippen LogP contribution in [-0.2, 0) is 9.53 Å². The monoisotopic (exact) mass is 132 g/mol. The van der Waals surface area contributed by atoms with Crippen LogP contribution in [0.25, 0.3) is 0 Å². The molecule has 0 saturated carbocycles. The Labute approximate surface area is 52.6 Å². The molecule has 0 aliphatic carbocycles. The van der Waals surface area contributed by atoms with E-state index in [2.05, 4.69) is 0 Å². The summed E-state index contributed by atoms with van der Waals surface area (Å²) in [6.45, 7) is 0.611. The molecule has 1 aliphatic rings. The van der Waals surface area contributed by atoms with Gasteiger partial charge in [0.1, 0.15) is 6.61 Å². The molecule has 0 bridgehead atoms. The lowest BCUT2D eigenvalue weighted by Gasteiger charge is -1.95. The van der Waals surface area contributed by atoms with Crippen molar-refractivity contribution in [2.24, 2.45) is 0 Å². The summed E-state index contributed by atoms with van der Waals surface area (Å²) >= 11 is 1.69. The van der Waals surface area contributed by atoms with Gasteiger partial charge in [0.05, 0.1) is 6.42 Å². The summed E-state index contributed by atoms with van der Waals surface area (Å²) in [5, 5.41) is 0.419. The fourth-order valence-electron chi connectivity index (χ4n) is 0.641. The van der Waals surface area contributed by atoms with E-state index in [-0.39, 0.29) is 5.97 Å². The van der Waals surface area contributed by atoms with Crippen molar-refractivity contribution in [2.75, 3.05) is 12.9 Å². The van der Waals surface area contributed by atoms with Crippen LogP contribution in [-0.4, -0.2) is 24.1 Å². The number of cyclic esters (lactones) is 1. The molecule has 1 unspecified atom stereocenters. The smallest absolute Gasteiger partial charge is 0.307 e. The molecule has 1 heterocycles. The molecule has 1 fully saturated rings. The second-order valence-corrected chi connectivity index (χ2v) is 2.88. The van der Waals surface area contributed by atoms with E-state index >= 15 is 0 Å². The molecule has 1 atom stereocenters. The summed E-state index contributed by atoms with van der Waals surface area (Å²) in [5.74, 6) is -0.0515. The van der Waals surface area contributed by atoms with E-state index in [0.717, 1.165) is 0 Å². The Morgan fingerprint density at radius 3 is 2.88 bits per heavy atom. The van der Waals surface area contributed by atoms with Crippen molar-refractivity contribution in [3.8, 4) is 0 Å². The molecule has 46 valence electrons. The number of esters is 1. The van der Waals surface area contributed by atoms with Crippen LogP contribution in [0.3, 0.4) is 0 Å². The van der Waals surface area contributed by atoms with Crippen LogP contribution in [0.15, 0.2) is 0 Å². The van der Waals surface area contributed by atoms with Crippen LogP contribution in [0.4, 0.5) is 0 Å². The van der Waals surface area contributed by atoms with Gasteiger partial charge in [0.25, 0.3) is 0 Å². The van der Waals surface area contributed by atoms with Gasteiger partial charge >= 0.3 is 5.97 Å². The van der Waals surface area contributed by atoms with Gasteiger partial charge in [0, 0.05) is 5.25 Å². The number of carbonyl (C=O) groups excluding carboxylic acids is 1. The summed E-state index contributed by atoms with van der Waals surface area (Å²) in [6.07, 6.45) is 2.59. The summed E-state index contributed by atoms with van der Waals surface area (Å²) in [7, 11) is 0. The van der Waals surface area contributed by atoms with Crippen LogP contribution in [0.2, 0.25) is 0 Å². The van der Waals surface area contributed by atoms with Gasteiger partial charge in [-0.25, -0.2) is 0 Å². The highest BCUT2D eigenvalue weighted by Gasteiger charge is 2.21. The SMILES string of the molecule is CSC1COC(=O)C1. The fraction of sp³-hybridized carbons (Fsp3) is 0.800. The van der Waals surface area contributed by atoms with E-state index in [9.17, 15) is 4.79 Å². The third kappa shape index (κ3) is 1.15. The predicted octanol–water partition coefficient (Wildman–Crippen LogP) is 0.665.